The van der Waals surface area contributed by atoms with E-state index in [-0.39, 0.29) is 12.6 Å². The number of esters is 1. The third-order valence-electron chi connectivity index (χ3n) is 2.50. The molecular formula is C14H24O3. The summed E-state index contributed by atoms with van der Waals surface area (Å²) in [5.74, 6) is 6.12. The Bertz CT molecular complexity index is 238. The van der Waals surface area contributed by atoms with Crippen molar-refractivity contribution in [2.24, 2.45) is 0 Å². The summed E-state index contributed by atoms with van der Waals surface area (Å²) in [6, 6.07) is 0. The van der Waals surface area contributed by atoms with Crippen molar-refractivity contribution in [3.8, 4) is 11.8 Å². The Balaban J connectivity index is 3.15. The molecule has 0 unspecified atom stereocenters. The Hall–Kier alpha value is -1.01. The molecule has 0 aliphatic rings. The van der Waals surface area contributed by atoms with Crippen molar-refractivity contribution in [3.05, 3.63) is 0 Å². The van der Waals surface area contributed by atoms with E-state index in [1.54, 1.807) is 0 Å². The molecule has 0 saturated carbocycles. The van der Waals surface area contributed by atoms with Gasteiger partial charge in [0.05, 0.1) is 7.11 Å². The molecule has 0 aromatic rings. The van der Waals surface area contributed by atoms with Crippen LogP contribution in [0.25, 0.3) is 0 Å². The molecule has 17 heavy (non-hydrogen) atoms. The van der Waals surface area contributed by atoms with Crippen LogP contribution in [0.15, 0.2) is 0 Å². The standard InChI is InChI=1S/C14H24O3/c1-17-14(16)12-10-8-6-4-2-3-5-7-9-11-13-15/h15H,2,4,6-13H2,1H3. The van der Waals surface area contributed by atoms with Crippen LogP contribution in [0.3, 0.4) is 0 Å². The first-order chi connectivity index (χ1) is 8.31. The maximum absolute atomic E-state index is 10.8. The van der Waals surface area contributed by atoms with Gasteiger partial charge in [-0.2, -0.15) is 0 Å². The Kier molecular flexibility index (Phi) is 12.3. The highest BCUT2D eigenvalue weighted by Gasteiger charge is 1.98. The molecule has 0 fully saturated rings. The first-order valence-corrected chi connectivity index (χ1v) is 6.44. The molecule has 3 heteroatoms. The van der Waals surface area contributed by atoms with Gasteiger partial charge in [0.25, 0.3) is 0 Å². The molecule has 98 valence electrons. The largest absolute Gasteiger partial charge is 0.469 e. The zero-order valence-corrected chi connectivity index (χ0v) is 10.8. The molecule has 0 aromatic carbocycles. The van der Waals surface area contributed by atoms with Crippen LogP contribution >= 0.6 is 0 Å². The van der Waals surface area contributed by atoms with Gasteiger partial charge in [-0.05, 0) is 25.7 Å². The quantitative estimate of drug-likeness (QED) is 0.383. The van der Waals surface area contributed by atoms with Gasteiger partial charge in [-0.3, -0.25) is 4.79 Å². The smallest absolute Gasteiger partial charge is 0.305 e. The minimum atomic E-state index is -0.117. The number of unbranched alkanes of at least 4 members (excludes halogenated alkanes) is 6. The van der Waals surface area contributed by atoms with Crippen molar-refractivity contribution < 1.29 is 14.6 Å². The molecule has 0 atom stereocenters. The van der Waals surface area contributed by atoms with Gasteiger partial charge in [0, 0.05) is 25.9 Å². The predicted octanol–water partition coefficient (Wildman–Crippen LogP) is 2.67. The van der Waals surface area contributed by atoms with Gasteiger partial charge in [-0.25, -0.2) is 0 Å². The van der Waals surface area contributed by atoms with E-state index in [9.17, 15) is 4.79 Å². The zero-order chi connectivity index (χ0) is 12.8. The normalized spacial score (nSPS) is 9.53. The summed E-state index contributed by atoms with van der Waals surface area (Å²) in [6.45, 7) is 0.266. The number of ether oxygens (including phenoxy) is 1. The van der Waals surface area contributed by atoms with Crippen LogP contribution < -0.4 is 0 Å². The van der Waals surface area contributed by atoms with E-state index in [1.165, 1.54) is 7.11 Å². The molecule has 0 heterocycles. The summed E-state index contributed by atoms with van der Waals surface area (Å²) < 4.78 is 4.56. The average Bonchev–Trinajstić information content (AvgIpc) is 2.35. The first kappa shape index (κ1) is 16.0. The lowest BCUT2D eigenvalue weighted by Crippen LogP contribution is -1.98. The number of rotatable bonds is 9. The molecule has 3 nitrogen and oxygen atoms in total. The molecule has 0 radical (unpaired) electrons. The minimum Gasteiger partial charge on any atom is -0.469 e. The van der Waals surface area contributed by atoms with Gasteiger partial charge in [0.1, 0.15) is 0 Å². The Morgan fingerprint density at radius 2 is 1.59 bits per heavy atom. The van der Waals surface area contributed by atoms with Crippen molar-refractivity contribution in [2.45, 2.75) is 57.8 Å². The van der Waals surface area contributed by atoms with Gasteiger partial charge < -0.3 is 9.84 Å². The number of carbonyl (C=O) groups excluding carboxylic acids is 1. The highest BCUT2D eigenvalue weighted by atomic mass is 16.5. The summed E-state index contributed by atoms with van der Waals surface area (Å²) in [4.78, 5) is 10.8. The van der Waals surface area contributed by atoms with E-state index < -0.39 is 0 Å². The van der Waals surface area contributed by atoms with E-state index in [4.69, 9.17) is 5.11 Å². The summed E-state index contributed by atoms with van der Waals surface area (Å²) in [6.07, 6.45) is 8.42. The van der Waals surface area contributed by atoms with Crippen LogP contribution in [-0.2, 0) is 9.53 Å². The zero-order valence-electron chi connectivity index (χ0n) is 10.8. The Morgan fingerprint density at radius 1 is 1.00 bits per heavy atom. The maximum Gasteiger partial charge on any atom is 0.305 e. The van der Waals surface area contributed by atoms with Gasteiger partial charge in [0.2, 0.25) is 0 Å². The number of hydrogen-bond donors (Lipinski definition) is 1. The third kappa shape index (κ3) is 12.9. The van der Waals surface area contributed by atoms with Crippen molar-refractivity contribution in [1.82, 2.24) is 0 Å². The fourth-order valence-corrected chi connectivity index (χ4v) is 1.44. The van der Waals surface area contributed by atoms with E-state index in [1.807, 2.05) is 0 Å². The van der Waals surface area contributed by atoms with Crippen molar-refractivity contribution in [3.63, 3.8) is 0 Å². The second kappa shape index (κ2) is 13.1. The second-order valence-corrected chi connectivity index (χ2v) is 4.02. The Morgan fingerprint density at radius 3 is 2.18 bits per heavy atom. The molecule has 0 aliphatic heterocycles. The SMILES string of the molecule is COC(=O)CCCCCCC#CCCCCO. The van der Waals surface area contributed by atoms with Crippen LogP contribution in [-0.4, -0.2) is 24.8 Å². The fraction of sp³-hybridized carbons (Fsp3) is 0.786. The van der Waals surface area contributed by atoms with E-state index in [0.29, 0.717) is 6.42 Å². The predicted molar refractivity (Wildman–Crippen MR) is 68.4 cm³/mol. The highest BCUT2D eigenvalue weighted by molar-refractivity contribution is 5.68. The van der Waals surface area contributed by atoms with Crippen LogP contribution in [0.1, 0.15) is 57.8 Å². The third-order valence-corrected chi connectivity index (χ3v) is 2.50. The van der Waals surface area contributed by atoms with E-state index in [2.05, 4.69) is 16.6 Å². The van der Waals surface area contributed by atoms with Crippen molar-refractivity contribution in [1.29, 1.82) is 0 Å². The topological polar surface area (TPSA) is 46.5 Å². The van der Waals surface area contributed by atoms with Gasteiger partial charge >= 0.3 is 5.97 Å². The van der Waals surface area contributed by atoms with Crippen LogP contribution in [0, 0.1) is 11.8 Å². The summed E-state index contributed by atoms with van der Waals surface area (Å²) >= 11 is 0. The molecule has 0 bridgehead atoms. The number of aliphatic hydroxyl groups excluding tert-OH is 1. The number of hydrogen-bond acceptors (Lipinski definition) is 3. The lowest BCUT2D eigenvalue weighted by atomic mass is 10.1. The summed E-state index contributed by atoms with van der Waals surface area (Å²) in [7, 11) is 1.43. The number of aliphatic hydroxyl groups is 1. The molecule has 0 saturated heterocycles. The van der Waals surface area contributed by atoms with Crippen LogP contribution in [0.4, 0.5) is 0 Å². The van der Waals surface area contributed by atoms with Gasteiger partial charge in [0.15, 0.2) is 0 Å². The molecule has 0 aromatic heterocycles. The number of carbonyl (C=O) groups is 1. The number of methoxy groups -OCH3 is 1. The first-order valence-electron chi connectivity index (χ1n) is 6.44. The molecule has 0 rings (SSSR count). The van der Waals surface area contributed by atoms with Crippen molar-refractivity contribution >= 4 is 5.97 Å². The van der Waals surface area contributed by atoms with Crippen molar-refractivity contribution in [2.75, 3.05) is 13.7 Å². The minimum absolute atomic E-state index is 0.117. The van der Waals surface area contributed by atoms with Gasteiger partial charge in [-0.15, -0.1) is 11.8 Å². The molecular weight excluding hydrogens is 216 g/mol. The molecule has 0 amide bonds. The van der Waals surface area contributed by atoms with Crippen LogP contribution in [0.5, 0.6) is 0 Å². The monoisotopic (exact) mass is 240 g/mol. The van der Waals surface area contributed by atoms with E-state index >= 15 is 0 Å². The fourth-order valence-electron chi connectivity index (χ4n) is 1.44. The second-order valence-electron chi connectivity index (χ2n) is 4.02. The average molecular weight is 240 g/mol. The lowest BCUT2D eigenvalue weighted by molar-refractivity contribution is -0.140. The van der Waals surface area contributed by atoms with Gasteiger partial charge in [-0.1, -0.05) is 12.8 Å². The van der Waals surface area contributed by atoms with E-state index in [0.717, 1.165) is 51.4 Å². The molecule has 1 N–H and O–H groups in total. The maximum atomic E-state index is 10.8. The lowest BCUT2D eigenvalue weighted by Gasteiger charge is -1.98. The highest BCUT2D eigenvalue weighted by Crippen LogP contribution is 2.05. The summed E-state index contributed by atoms with van der Waals surface area (Å²) in [5, 5.41) is 8.57. The molecule has 0 aliphatic carbocycles. The molecule has 0 spiro atoms. The van der Waals surface area contributed by atoms with Crippen LogP contribution in [0.2, 0.25) is 0 Å². The summed E-state index contributed by atoms with van der Waals surface area (Å²) in [5.41, 5.74) is 0. The Labute approximate surface area is 105 Å².